The molecule has 1 saturated heterocycles. The lowest BCUT2D eigenvalue weighted by Crippen LogP contribution is -2.39. The number of likely N-dealkylation sites (N-methyl/N-ethyl adjacent to an activating group) is 1. The Balaban J connectivity index is 2.10. The molecule has 0 radical (unpaired) electrons. The monoisotopic (exact) mass is 320 g/mol. The third-order valence-electron chi connectivity index (χ3n) is 4.57. The topological polar surface area (TPSA) is 53.0 Å². The number of nitrogens with zero attached hydrogens (tertiary/aromatic N) is 2. The molecule has 1 aliphatic rings. The van der Waals surface area contributed by atoms with Crippen LogP contribution in [-0.4, -0.2) is 61.2 Å². The van der Waals surface area contributed by atoms with E-state index in [0.29, 0.717) is 5.75 Å². The average Bonchev–Trinajstić information content (AvgIpc) is 2.54. The number of hydrogen-bond donors (Lipinski definition) is 1. The summed E-state index contributed by atoms with van der Waals surface area (Å²) in [4.78, 5) is 16.2. The van der Waals surface area contributed by atoms with Gasteiger partial charge in [-0.1, -0.05) is 24.1 Å². The van der Waals surface area contributed by atoms with Crippen molar-refractivity contribution in [3.8, 4) is 5.75 Å². The van der Waals surface area contributed by atoms with Crippen LogP contribution in [0.1, 0.15) is 36.4 Å². The van der Waals surface area contributed by atoms with Gasteiger partial charge >= 0.3 is 5.97 Å². The van der Waals surface area contributed by atoms with Crippen molar-refractivity contribution in [1.82, 2.24) is 9.80 Å². The minimum atomic E-state index is -0.838. The molecule has 1 aliphatic heterocycles. The maximum absolute atomic E-state index is 11.9. The van der Waals surface area contributed by atoms with Crippen LogP contribution in [0.15, 0.2) is 18.2 Å². The molecule has 1 heterocycles. The van der Waals surface area contributed by atoms with E-state index in [0.717, 1.165) is 37.3 Å². The number of carboxylic acid groups (broad SMARTS) is 1. The predicted octanol–water partition coefficient (Wildman–Crippen LogP) is 2.55. The summed E-state index contributed by atoms with van der Waals surface area (Å²) in [6, 6.07) is 5.01. The SMILES string of the molecule is COc1ccc(C)cc1C(C(=O)O)N(C)CCN1CCCCC1. The van der Waals surface area contributed by atoms with Crippen LogP contribution in [-0.2, 0) is 4.79 Å². The second kappa shape index (κ2) is 8.31. The number of benzene rings is 1. The van der Waals surface area contributed by atoms with Gasteiger partial charge in [0.25, 0.3) is 0 Å². The van der Waals surface area contributed by atoms with Gasteiger partial charge in [0, 0.05) is 18.7 Å². The summed E-state index contributed by atoms with van der Waals surface area (Å²) < 4.78 is 5.38. The van der Waals surface area contributed by atoms with Gasteiger partial charge < -0.3 is 14.7 Å². The second-order valence-corrected chi connectivity index (χ2v) is 6.37. The van der Waals surface area contributed by atoms with Gasteiger partial charge in [0.15, 0.2) is 0 Å². The molecule has 2 rings (SSSR count). The largest absolute Gasteiger partial charge is 0.496 e. The number of aryl methyl sites for hydroxylation is 1. The molecule has 0 spiro atoms. The number of rotatable bonds is 7. The van der Waals surface area contributed by atoms with E-state index in [1.165, 1.54) is 19.3 Å². The minimum absolute atomic E-state index is 0.632. The first-order valence-corrected chi connectivity index (χ1v) is 8.33. The molecule has 128 valence electrons. The highest BCUT2D eigenvalue weighted by Gasteiger charge is 2.28. The third-order valence-corrected chi connectivity index (χ3v) is 4.57. The Bertz CT molecular complexity index is 527. The van der Waals surface area contributed by atoms with E-state index >= 15 is 0 Å². The van der Waals surface area contributed by atoms with E-state index in [-0.39, 0.29) is 0 Å². The fourth-order valence-corrected chi connectivity index (χ4v) is 3.24. The highest BCUT2D eigenvalue weighted by molar-refractivity contribution is 5.76. The molecule has 5 heteroatoms. The lowest BCUT2D eigenvalue weighted by Gasteiger charge is -2.31. The fraction of sp³-hybridized carbons (Fsp3) is 0.611. The first-order chi connectivity index (χ1) is 11.0. The molecule has 1 aromatic rings. The summed E-state index contributed by atoms with van der Waals surface area (Å²) >= 11 is 0. The van der Waals surface area contributed by atoms with Crippen LogP contribution >= 0.6 is 0 Å². The van der Waals surface area contributed by atoms with Crippen molar-refractivity contribution in [1.29, 1.82) is 0 Å². The number of methoxy groups -OCH3 is 1. The Morgan fingerprint density at radius 2 is 2.04 bits per heavy atom. The maximum atomic E-state index is 11.9. The van der Waals surface area contributed by atoms with E-state index in [1.807, 2.05) is 37.1 Å². The van der Waals surface area contributed by atoms with Gasteiger partial charge in [-0.3, -0.25) is 9.69 Å². The molecule has 1 atom stereocenters. The van der Waals surface area contributed by atoms with Crippen LogP contribution in [0, 0.1) is 6.92 Å². The molecule has 0 aromatic heterocycles. The zero-order valence-corrected chi connectivity index (χ0v) is 14.4. The van der Waals surface area contributed by atoms with Crippen molar-refractivity contribution >= 4 is 5.97 Å². The number of carbonyl (C=O) groups is 1. The van der Waals surface area contributed by atoms with Crippen molar-refractivity contribution in [3.05, 3.63) is 29.3 Å². The van der Waals surface area contributed by atoms with Crippen molar-refractivity contribution in [2.24, 2.45) is 0 Å². The third kappa shape index (κ3) is 4.69. The summed E-state index contributed by atoms with van der Waals surface area (Å²) in [5.74, 6) is -0.206. The highest BCUT2D eigenvalue weighted by atomic mass is 16.5. The molecule has 0 bridgehead atoms. The summed E-state index contributed by atoms with van der Waals surface area (Å²) in [5.41, 5.74) is 1.76. The molecule has 0 saturated carbocycles. The highest BCUT2D eigenvalue weighted by Crippen LogP contribution is 2.30. The van der Waals surface area contributed by atoms with Gasteiger partial charge in [-0.25, -0.2) is 0 Å². The van der Waals surface area contributed by atoms with Gasteiger partial charge in [-0.05, 0) is 46.0 Å². The second-order valence-electron chi connectivity index (χ2n) is 6.37. The Morgan fingerprint density at radius 1 is 1.35 bits per heavy atom. The van der Waals surface area contributed by atoms with Crippen molar-refractivity contribution in [3.63, 3.8) is 0 Å². The van der Waals surface area contributed by atoms with Gasteiger partial charge in [0.2, 0.25) is 0 Å². The van der Waals surface area contributed by atoms with E-state index in [4.69, 9.17) is 4.74 Å². The lowest BCUT2D eigenvalue weighted by atomic mass is 10.0. The molecule has 5 nitrogen and oxygen atoms in total. The summed E-state index contributed by atoms with van der Waals surface area (Å²) in [7, 11) is 3.46. The minimum Gasteiger partial charge on any atom is -0.496 e. The molecule has 1 aromatic carbocycles. The molecule has 0 amide bonds. The van der Waals surface area contributed by atoms with Gasteiger partial charge in [-0.2, -0.15) is 0 Å². The van der Waals surface area contributed by atoms with Crippen LogP contribution < -0.4 is 4.74 Å². The molecule has 1 fully saturated rings. The van der Waals surface area contributed by atoms with Crippen LogP contribution in [0.3, 0.4) is 0 Å². The fourth-order valence-electron chi connectivity index (χ4n) is 3.24. The maximum Gasteiger partial charge on any atom is 0.325 e. The summed E-state index contributed by atoms with van der Waals surface area (Å²) in [6.07, 6.45) is 3.81. The van der Waals surface area contributed by atoms with E-state index in [2.05, 4.69) is 4.90 Å². The van der Waals surface area contributed by atoms with Crippen LogP contribution in [0.4, 0.5) is 0 Å². The average molecular weight is 320 g/mol. The van der Waals surface area contributed by atoms with Crippen molar-refractivity contribution in [2.75, 3.05) is 40.3 Å². The molecular formula is C18H28N2O3. The quantitative estimate of drug-likeness (QED) is 0.837. The van der Waals surface area contributed by atoms with Gasteiger partial charge in [-0.15, -0.1) is 0 Å². The van der Waals surface area contributed by atoms with Crippen LogP contribution in [0.5, 0.6) is 5.75 Å². The molecule has 0 aliphatic carbocycles. The first-order valence-electron chi connectivity index (χ1n) is 8.33. The number of hydrogen-bond acceptors (Lipinski definition) is 4. The Morgan fingerprint density at radius 3 is 2.65 bits per heavy atom. The smallest absolute Gasteiger partial charge is 0.325 e. The Hall–Kier alpha value is -1.59. The molecule has 23 heavy (non-hydrogen) atoms. The number of piperidine rings is 1. The van der Waals surface area contributed by atoms with Crippen molar-refractivity contribution in [2.45, 2.75) is 32.2 Å². The van der Waals surface area contributed by atoms with Gasteiger partial charge in [0.05, 0.1) is 7.11 Å². The zero-order chi connectivity index (χ0) is 16.8. The zero-order valence-electron chi connectivity index (χ0n) is 14.4. The van der Waals surface area contributed by atoms with E-state index in [1.54, 1.807) is 7.11 Å². The first kappa shape index (κ1) is 17.8. The summed E-state index contributed by atoms with van der Waals surface area (Å²) in [5, 5.41) is 9.73. The molecule has 1 unspecified atom stereocenters. The number of aliphatic carboxylic acids is 1. The molecule has 1 N–H and O–H groups in total. The Kier molecular flexibility index (Phi) is 6.42. The lowest BCUT2D eigenvalue weighted by molar-refractivity contribution is -0.143. The summed E-state index contributed by atoms with van der Waals surface area (Å²) in [6.45, 7) is 5.86. The normalized spacial score (nSPS) is 17.2. The Labute approximate surface area is 138 Å². The van der Waals surface area contributed by atoms with Gasteiger partial charge in [0.1, 0.15) is 11.8 Å². The number of carboxylic acids is 1. The molecular weight excluding hydrogens is 292 g/mol. The number of ether oxygens (including phenoxy) is 1. The van der Waals surface area contributed by atoms with E-state index in [9.17, 15) is 9.90 Å². The van der Waals surface area contributed by atoms with Crippen LogP contribution in [0.2, 0.25) is 0 Å². The van der Waals surface area contributed by atoms with E-state index < -0.39 is 12.0 Å². The van der Waals surface area contributed by atoms with Crippen molar-refractivity contribution < 1.29 is 14.6 Å². The standard InChI is InChI=1S/C18H28N2O3/c1-14-7-8-16(23-3)15(13-14)17(18(21)22)19(2)11-12-20-9-5-4-6-10-20/h7-8,13,17H,4-6,9-12H2,1-3H3,(H,21,22). The van der Waals surface area contributed by atoms with Crippen LogP contribution in [0.25, 0.3) is 0 Å². The number of likely N-dealkylation sites (tertiary alicyclic amines) is 1. The predicted molar refractivity (Wildman–Crippen MR) is 91.0 cm³/mol.